The van der Waals surface area contributed by atoms with Crippen molar-refractivity contribution in [1.29, 1.82) is 0 Å². The highest BCUT2D eigenvalue weighted by atomic mass is 16.5. The zero-order chi connectivity index (χ0) is 17.3. The predicted octanol–water partition coefficient (Wildman–Crippen LogP) is 1.53. The summed E-state index contributed by atoms with van der Waals surface area (Å²) in [6, 6.07) is 3.52. The molecular weight excluding hydrogens is 312 g/mol. The molecule has 3 rings (SSSR count). The van der Waals surface area contributed by atoms with Crippen LogP contribution in [0.25, 0.3) is 10.9 Å². The smallest absolute Gasteiger partial charge is 0.306 e. The molecule has 1 saturated heterocycles. The third-order valence-electron chi connectivity index (χ3n) is 4.35. The fourth-order valence-corrected chi connectivity index (χ4v) is 2.93. The number of carboxylic acids is 1. The van der Waals surface area contributed by atoms with Gasteiger partial charge in [0.05, 0.1) is 25.7 Å². The van der Waals surface area contributed by atoms with Crippen LogP contribution >= 0.6 is 0 Å². The molecule has 1 aromatic heterocycles. The maximum atomic E-state index is 11.1. The molecule has 0 bridgehead atoms. The molecule has 1 aliphatic rings. The van der Waals surface area contributed by atoms with Crippen molar-refractivity contribution in [3.63, 3.8) is 0 Å². The minimum absolute atomic E-state index is 0.302. The summed E-state index contributed by atoms with van der Waals surface area (Å²) in [5.74, 6) is 0.954. The van der Waals surface area contributed by atoms with Crippen LogP contribution < -0.4 is 20.1 Å². The molecule has 2 heterocycles. The van der Waals surface area contributed by atoms with Gasteiger partial charge in [0, 0.05) is 24.5 Å². The van der Waals surface area contributed by atoms with E-state index in [2.05, 4.69) is 9.97 Å². The summed E-state index contributed by atoms with van der Waals surface area (Å²) >= 11 is 0. The first kappa shape index (κ1) is 16.1. The lowest BCUT2D eigenvalue weighted by Crippen LogP contribution is -2.37. The number of carboxylic acid groups (broad SMARTS) is 1. The average Bonchev–Trinajstić information content (AvgIpc) is 2.60. The highest BCUT2D eigenvalue weighted by molar-refractivity contribution is 5.91. The number of benzene rings is 1. The molecule has 8 nitrogen and oxygen atoms in total. The number of rotatable bonds is 4. The maximum Gasteiger partial charge on any atom is 0.306 e. The summed E-state index contributed by atoms with van der Waals surface area (Å²) in [6.45, 7) is 1.18. The van der Waals surface area contributed by atoms with E-state index >= 15 is 0 Å². The number of hydrogen-bond donors (Lipinski definition) is 2. The van der Waals surface area contributed by atoms with Gasteiger partial charge in [-0.15, -0.1) is 0 Å². The zero-order valence-corrected chi connectivity index (χ0v) is 13.7. The first-order valence-corrected chi connectivity index (χ1v) is 7.70. The van der Waals surface area contributed by atoms with Gasteiger partial charge in [-0.2, -0.15) is 4.98 Å². The molecule has 0 unspecified atom stereocenters. The molecule has 1 aliphatic heterocycles. The van der Waals surface area contributed by atoms with Crippen molar-refractivity contribution in [3.8, 4) is 11.5 Å². The molecule has 1 aromatic carbocycles. The highest BCUT2D eigenvalue weighted by Crippen LogP contribution is 2.34. The second-order valence-electron chi connectivity index (χ2n) is 5.73. The van der Waals surface area contributed by atoms with Crippen molar-refractivity contribution in [2.75, 3.05) is 37.9 Å². The van der Waals surface area contributed by atoms with Gasteiger partial charge in [-0.1, -0.05) is 0 Å². The van der Waals surface area contributed by atoms with Gasteiger partial charge >= 0.3 is 5.97 Å². The van der Waals surface area contributed by atoms with Gasteiger partial charge in [-0.25, -0.2) is 4.98 Å². The lowest BCUT2D eigenvalue weighted by molar-refractivity contribution is -0.142. The fourth-order valence-electron chi connectivity index (χ4n) is 2.93. The molecule has 0 amide bonds. The number of methoxy groups -OCH3 is 2. The topological polar surface area (TPSA) is 111 Å². The molecule has 0 atom stereocenters. The molecule has 128 valence electrons. The molecule has 2 aromatic rings. The first-order chi connectivity index (χ1) is 11.5. The van der Waals surface area contributed by atoms with Crippen LogP contribution in [-0.2, 0) is 4.79 Å². The number of nitrogen functional groups attached to an aromatic ring is 1. The fraction of sp³-hybridized carbons (Fsp3) is 0.438. The number of ether oxygens (including phenoxy) is 2. The van der Waals surface area contributed by atoms with Crippen LogP contribution in [0.2, 0.25) is 0 Å². The summed E-state index contributed by atoms with van der Waals surface area (Å²) in [5.41, 5.74) is 6.75. The Bertz CT molecular complexity index is 772. The summed E-state index contributed by atoms with van der Waals surface area (Å²) in [5, 5.41) is 9.78. The number of nitrogens with two attached hydrogens (primary N) is 1. The number of hydrogen-bond acceptors (Lipinski definition) is 7. The summed E-state index contributed by atoms with van der Waals surface area (Å²) < 4.78 is 10.6. The number of fused-ring (bicyclic) bond motifs is 1. The van der Waals surface area contributed by atoms with Crippen LogP contribution in [0, 0.1) is 5.92 Å². The molecule has 3 N–H and O–H groups in total. The number of piperidine rings is 1. The SMILES string of the molecule is COc1cc2nc(N3CCC(C(=O)O)CC3)nc(N)c2cc1OC. The van der Waals surface area contributed by atoms with Crippen LogP contribution in [0.3, 0.4) is 0 Å². The zero-order valence-electron chi connectivity index (χ0n) is 13.7. The second kappa shape index (κ2) is 6.38. The summed E-state index contributed by atoms with van der Waals surface area (Å²) in [6.07, 6.45) is 1.14. The lowest BCUT2D eigenvalue weighted by Gasteiger charge is -2.30. The van der Waals surface area contributed by atoms with Crippen LogP contribution in [0.5, 0.6) is 11.5 Å². The van der Waals surface area contributed by atoms with E-state index < -0.39 is 5.97 Å². The van der Waals surface area contributed by atoms with E-state index in [1.807, 2.05) is 4.90 Å². The summed E-state index contributed by atoms with van der Waals surface area (Å²) in [7, 11) is 3.12. The predicted molar refractivity (Wildman–Crippen MR) is 89.6 cm³/mol. The number of carbonyl (C=O) groups is 1. The summed E-state index contributed by atoms with van der Waals surface area (Å²) in [4.78, 5) is 22.0. The van der Waals surface area contributed by atoms with E-state index in [1.165, 1.54) is 0 Å². The Kier molecular flexibility index (Phi) is 4.28. The van der Waals surface area contributed by atoms with Crippen molar-refractivity contribution in [1.82, 2.24) is 9.97 Å². The van der Waals surface area contributed by atoms with Crippen molar-refractivity contribution in [2.45, 2.75) is 12.8 Å². The Labute approximate surface area is 139 Å². The van der Waals surface area contributed by atoms with E-state index in [9.17, 15) is 4.79 Å². The van der Waals surface area contributed by atoms with E-state index in [0.29, 0.717) is 60.1 Å². The standard InChI is InChI=1S/C16H20N4O4/c1-23-12-7-10-11(8-13(12)24-2)18-16(19-14(10)17)20-5-3-9(4-6-20)15(21)22/h7-9H,3-6H2,1-2H3,(H,21,22)(H2,17,18,19). The van der Waals surface area contributed by atoms with Gasteiger partial charge in [0.2, 0.25) is 5.95 Å². The van der Waals surface area contributed by atoms with Gasteiger partial charge in [0.15, 0.2) is 11.5 Å². The van der Waals surface area contributed by atoms with E-state index in [1.54, 1.807) is 26.4 Å². The van der Waals surface area contributed by atoms with Crippen molar-refractivity contribution < 1.29 is 19.4 Å². The van der Waals surface area contributed by atoms with Crippen LogP contribution in [0.4, 0.5) is 11.8 Å². The van der Waals surface area contributed by atoms with Gasteiger partial charge in [-0.3, -0.25) is 4.79 Å². The third kappa shape index (κ3) is 2.86. The number of aromatic nitrogens is 2. The first-order valence-electron chi connectivity index (χ1n) is 7.70. The van der Waals surface area contributed by atoms with Crippen LogP contribution in [0.15, 0.2) is 12.1 Å². The Hall–Kier alpha value is -2.77. The average molecular weight is 332 g/mol. The number of nitrogens with zero attached hydrogens (tertiary/aromatic N) is 3. The van der Waals surface area contributed by atoms with Gasteiger partial charge in [0.25, 0.3) is 0 Å². The van der Waals surface area contributed by atoms with E-state index in [-0.39, 0.29) is 5.92 Å². The largest absolute Gasteiger partial charge is 0.493 e. The molecule has 0 spiro atoms. The third-order valence-corrected chi connectivity index (χ3v) is 4.35. The van der Waals surface area contributed by atoms with Crippen molar-refractivity contribution >= 4 is 28.6 Å². The minimum atomic E-state index is -0.745. The Morgan fingerprint density at radius 3 is 2.42 bits per heavy atom. The second-order valence-corrected chi connectivity index (χ2v) is 5.73. The molecule has 24 heavy (non-hydrogen) atoms. The highest BCUT2D eigenvalue weighted by Gasteiger charge is 2.26. The van der Waals surface area contributed by atoms with Gasteiger partial charge in [0.1, 0.15) is 5.82 Å². The van der Waals surface area contributed by atoms with Gasteiger partial charge in [-0.05, 0) is 18.9 Å². The maximum absolute atomic E-state index is 11.1. The van der Waals surface area contributed by atoms with Gasteiger partial charge < -0.3 is 25.2 Å². The molecule has 0 aliphatic carbocycles. The Balaban J connectivity index is 1.94. The Morgan fingerprint density at radius 2 is 1.83 bits per heavy atom. The van der Waals surface area contributed by atoms with Crippen molar-refractivity contribution in [2.24, 2.45) is 5.92 Å². The van der Waals surface area contributed by atoms with Crippen LogP contribution in [0.1, 0.15) is 12.8 Å². The quantitative estimate of drug-likeness (QED) is 0.867. The number of anilines is 2. The van der Waals surface area contributed by atoms with E-state index in [0.717, 1.165) is 0 Å². The molecule has 1 fully saturated rings. The number of aliphatic carboxylic acids is 1. The molecule has 8 heteroatoms. The normalized spacial score (nSPS) is 15.5. The molecular formula is C16H20N4O4. The molecule has 0 saturated carbocycles. The van der Waals surface area contributed by atoms with Crippen molar-refractivity contribution in [3.05, 3.63) is 12.1 Å². The lowest BCUT2D eigenvalue weighted by atomic mass is 9.97. The minimum Gasteiger partial charge on any atom is -0.493 e. The molecule has 0 radical (unpaired) electrons. The van der Waals surface area contributed by atoms with E-state index in [4.69, 9.17) is 20.3 Å². The van der Waals surface area contributed by atoms with Crippen LogP contribution in [-0.4, -0.2) is 48.4 Å². The monoisotopic (exact) mass is 332 g/mol. The Morgan fingerprint density at radius 1 is 1.21 bits per heavy atom.